The predicted octanol–water partition coefficient (Wildman–Crippen LogP) is -0.100. The summed E-state index contributed by atoms with van der Waals surface area (Å²) < 4.78 is 3.94. The van der Waals surface area contributed by atoms with Crippen molar-refractivity contribution in [1.29, 1.82) is 0 Å². The predicted molar refractivity (Wildman–Crippen MR) is 62.2 cm³/mol. The van der Waals surface area contributed by atoms with Gasteiger partial charge in [-0.05, 0) is 12.8 Å². The largest absolute Gasteiger partial charge is 0.369 e. The average Bonchev–Trinajstić information content (AvgIpc) is 2.73. The van der Waals surface area contributed by atoms with Gasteiger partial charge >= 0.3 is 0 Å². The molecule has 2 heterocycles. The lowest BCUT2D eigenvalue weighted by Crippen LogP contribution is -2.42. The summed E-state index contributed by atoms with van der Waals surface area (Å²) in [4.78, 5) is 16.9. The van der Waals surface area contributed by atoms with Gasteiger partial charge < -0.3 is 11.1 Å². The minimum atomic E-state index is -0.254. The monoisotopic (exact) mass is 241 g/mol. The van der Waals surface area contributed by atoms with Crippen LogP contribution in [0.2, 0.25) is 0 Å². The van der Waals surface area contributed by atoms with Gasteiger partial charge in [0, 0.05) is 30.7 Å². The number of likely N-dealkylation sites (tertiary alicyclic amines) is 1. The van der Waals surface area contributed by atoms with Gasteiger partial charge in [-0.15, -0.1) is 0 Å². The molecule has 1 amide bonds. The van der Waals surface area contributed by atoms with Gasteiger partial charge in [0.1, 0.15) is 6.33 Å². The lowest BCUT2D eigenvalue weighted by Gasteiger charge is -2.31. The third kappa shape index (κ3) is 3.14. The SMILES string of the molecule is NC(=O)CN1CCC(Nc2ncns2)CC1. The molecule has 0 radical (unpaired) electrons. The molecule has 0 aromatic carbocycles. The van der Waals surface area contributed by atoms with Crippen LogP contribution in [0, 0.1) is 0 Å². The molecule has 88 valence electrons. The molecule has 0 unspecified atom stereocenters. The van der Waals surface area contributed by atoms with Gasteiger partial charge in [0.15, 0.2) is 0 Å². The van der Waals surface area contributed by atoms with E-state index in [9.17, 15) is 4.79 Å². The molecule has 0 aliphatic carbocycles. The van der Waals surface area contributed by atoms with E-state index in [4.69, 9.17) is 5.73 Å². The Morgan fingerprint density at radius 1 is 1.62 bits per heavy atom. The number of nitrogens with two attached hydrogens (primary N) is 1. The Morgan fingerprint density at radius 3 is 2.94 bits per heavy atom. The number of nitrogens with zero attached hydrogens (tertiary/aromatic N) is 3. The first kappa shape index (κ1) is 11.3. The van der Waals surface area contributed by atoms with Gasteiger partial charge in [0.25, 0.3) is 0 Å². The maximum absolute atomic E-state index is 10.8. The number of piperidine rings is 1. The minimum Gasteiger partial charge on any atom is -0.369 e. The van der Waals surface area contributed by atoms with Gasteiger partial charge in [-0.2, -0.15) is 4.37 Å². The summed E-state index contributed by atoms with van der Waals surface area (Å²) in [5, 5.41) is 4.21. The van der Waals surface area contributed by atoms with E-state index in [0.29, 0.717) is 12.6 Å². The summed E-state index contributed by atoms with van der Waals surface area (Å²) in [7, 11) is 0. The maximum Gasteiger partial charge on any atom is 0.231 e. The van der Waals surface area contributed by atoms with E-state index in [2.05, 4.69) is 19.6 Å². The quantitative estimate of drug-likeness (QED) is 0.769. The second kappa shape index (κ2) is 5.22. The molecule has 0 atom stereocenters. The van der Waals surface area contributed by atoms with Crippen LogP contribution in [0.4, 0.5) is 5.13 Å². The molecule has 0 bridgehead atoms. The molecule has 0 saturated carbocycles. The highest BCUT2D eigenvalue weighted by molar-refractivity contribution is 7.09. The number of primary amides is 1. The van der Waals surface area contributed by atoms with E-state index in [1.165, 1.54) is 11.5 Å². The third-order valence-corrected chi connectivity index (χ3v) is 3.25. The zero-order valence-corrected chi connectivity index (χ0v) is 9.74. The second-order valence-corrected chi connectivity index (χ2v) is 4.69. The van der Waals surface area contributed by atoms with Crippen LogP contribution < -0.4 is 11.1 Å². The van der Waals surface area contributed by atoms with Crippen LogP contribution in [0.25, 0.3) is 0 Å². The van der Waals surface area contributed by atoms with E-state index in [1.807, 2.05) is 0 Å². The molecule has 2 rings (SSSR count). The fraction of sp³-hybridized carbons (Fsp3) is 0.667. The highest BCUT2D eigenvalue weighted by Gasteiger charge is 2.20. The summed E-state index contributed by atoms with van der Waals surface area (Å²) in [6.45, 7) is 2.17. The Kier molecular flexibility index (Phi) is 3.68. The van der Waals surface area contributed by atoms with Crippen LogP contribution in [-0.4, -0.2) is 45.8 Å². The van der Waals surface area contributed by atoms with Crippen molar-refractivity contribution < 1.29 is 4.79 Å². The van der Waals surface area contributed by atoms with Crippen molar-refractivity contribution >= 4 is 22.6 Å². The van der Waals surface area contributed by atoms with E-state index in [0.717, 1.165) is 31.1 Å². The third-order valence-electron chi connectivity index (χ3n) is 2.66. The van der Waals surface area contributed by atoms with E-state index in [1.54, 1.807) is 6.33 Å². The number of carbonyl (C=O) groups excluding carboxylic acids is 1. The van der Waals surface area contributed by atoms with Crippen LogP contribution in [0.15, 0.2) is 6.33 Å². The molecule has 3 N–H and O–H groups in total. The van der Waals surface area contributed by atoms with Crippen LogP contribution in [-0.2, 0) is 4.79 Å². The zero-order valence-electron chi connectivity index (χ0n) is 8.93. The zero-order chi connectivity index (χ0) is 11.4. The second-order valence-electron chi connectivity index (χ2n) is 3.91. The van der Waals surface area contributed by atoms with Crippen molar-refractivity contribution in [3.05, 3.63) is 6.33 Å². The van der Waals surface area contributed by atoms with Gasteiger partial charge in [-0.1, -0.05) is 0 Å². The summed E-state index contributed by atoms with van der Waals surface area (Å²) in [6.07, 6.45) is 3.56. The van der Waals surface area contributed by atoms with Gasteiger partial charge in [0.05, 0.1) is 6.54 Å². The number of anilines is 1. The normalized spacial score (nSPS) is 18.5. The first-order valence-electron chi connectivity index (χ1n) is 5.28. The Balaban J connectivity index is 1.75. The van der Waals surface area contributed by atoms with Gasteiger partial charge in [0.2, 0.25) is 11.0 Å². The van der Waals surface area contributed by atoms with Crippen molar-refractivity contribution in [3.63, 3.8) is 0 Å². The van der Waals surface area contributed by atoms with E-state index in [-0.39, 0.29) is 5.91 Å². The molecule has 1 fully saturated rings. The summed E-state index contributed by atoms with van der Waals surface area (Å²) >= 11 is 1.37. The van der Waals surface area contributed by atoms with Crippen molar-refractivity contribution in [3.8, 4) is 0 Å². The highest BCUT2D eigenvalue weighted by atomic mass is 32.1. The standard InChI is InChI=1S/C9H15N5OS/c10-8(15)5-14-3-1-7(2-4-14)13-9-11-6-12-16-9/h6-7H,1-5H2,(H2,10,15)(H,11,12,13). The van der Waals surface area contributed by atoms with Crippen molar-refractivity contribution in [1.82, 2.24) is 14.3 Å². The first-order valence-corrected chi connectivity index (χ1v) is 6.05. The van der Waals surface area contributed by atoms with E-state index >= 15 is 0 Å². The Bertz CT molecular complexity index is 334. The first-order chi connectivity index (χ1) is 7.74. The van der Waals surface area contributed by atoms with Crippen LogP contribution in [0.5, 0.6) is 0 Å². The lowest BCUT2D eigenvalue weighted by atomic mass is 10.1. The van der Waals surface area contributed by atoms with Crippen molar-refractivity contribution in [2.24, 2.45) is 5.73 Å². The molecular weight excluding hydrogens is 226 g/mol. The Hall–Kier alpha value is -1.21. The fourth-order valence-corrected chi connectivity index (χ4v) is 2.37. The molecule has 1 aromatic heterocycles. The smallest absolute Gasteiger partial charge is 0.231 e. The topological polar surface area (TPSA) is 84.1 Å². The molecule has 1 aliphatic rings. The van der Waals surface area contributed by atoms with Gasteiger partial charge in [-0.3, -0.25) is 9.69 Å². The molecular formula is C9H15N5OS. The molecule has 1 aromatic rings. The molecule has 0 spiro atoms. The van der Waals surface area contributed by atoms with Crippen molar-refractivity contribution in [2.45, 2.75) is 18.9 Å². The van der Waals surface area contributed by atoms with Crippen LogP contribution in [0.3, 0.4) is 0 Å². The molecule has 7 heteroatoms. The number of amides is 1. The number of carbonyl (C=O) groups is 1. The van der Waals surface area contributed by atoms with Crippen LogP contribution in [0.1, 0.15) is 12.8 Å². The fourth-order valence-electron chi connectivity index (χ4n) is 1.87. The number of hydrogen-bond donors (Lipinski definition) is 2. The maximum atomic E-state index is 10.8. The number of aromatic nitrogens is 2. The minimum absolute atomic E-state index is 0.254. The lowest BCUT2D eigenvalue weighted by molar-refractivity contribution is -0.119. The molecule has 1 saturated heterocycles. The van der Waals surface area contributed by atoms with Crippen LogP contribution >= 0.6 is 11.5 Å². The summed E-state index contributed by atoms with van der Waals surface area (Å²) in [5.41, 5.74) is 5.15. The summed E-state index contributed by atoms with van der Waals surface area (Å²) in [6, 6.07) is 0.428. The molecule has 1 aliphatic heterocycles. The number of rotatable bonds is 4. The Morgan fingerprint density at radius 2 is 2.38 bits per heavy atom. The van der Waals surface area contributed by atoms with E-state index < -0.39 is 0 Å². The summed E-state index contributed by atoms with van der Waals surface area (Å²) in [5.74, 6) is -0.254. The number of nitrogens with one attached hydrogen (secondary N) is 1. The molecule has 16 heavy (non-hydrogen) atoms. The highest BCUT2D eigenvalue weighted by Crippen LogP contribution is 2.16. The van der Waals surface area contributed by atoms with Gasteiger partial charge in [-0.25, -0.2) is 4.98 Å². The Labute approximate surface area is 98.0 Å². The number of hydrogen-bond acceptors (Lipinski definition) is 6. The van der Waals surface area contributed by atoms with Crippen molar-refractivity contribution in [2.75, 3.05) is 25.0 Å². The average molecular weight is 241 g/mol. The molecule has 6 nitrogen and oxygen atoms in total.